The Morgan fingerprint density at radius 1 is 1.45 bits per heavy atom. The van der Waals surface area contributed by atoms with Gasteiger partial charge in [-0.15, -0.1) is 0 Å². The lowest BCUT2D eigenvalue weighted by atomic mass is 9.73. The molecule has 3 nitrogen and oxygen atoms in total. The highest BCUT2D eigenvalue weighted by atomic mass is 16.6. The van der Waals surface area contributed by atoms with Gasteiger partial charge in [0.2, 0.25) is 0 Å². The molecular formula is C8H11NO2. The van der Waals surface area contributed by atoms with Crippen molar-refractivity contribution in [3.8, 4) is 0 Å². The molecule has 60 valence electrons. The Balaban J connectivity index is 1.89. The number of fused-ring (bicyclic) bond motifs is 3. The number of carbonyl (C=O) groups is 1. The summed E-state index contributed by atoms with van der Waals surface area (Å²) in [5, 5.41) is 0. The van der Waals surface area contributed by atoms with Gasteiger partial charge in [-0.1, -0.05) is 0 Å². The molecule has 3 atom stereocenters. The van der Waals surface area contributed by atoms with Crippen LogP contribution in [0.5, 0.6) is 0 Å². The van der Waals surface area contributed by atoms with E-state index >= 15 is 0 Å². The van der Waals surface area contributed by atoms with Crippen molar-refractivity contribution in [2.75, 3.05) is 13.2 Å². The lowest BCUT2D eigenvalue weighted by Crippen LogP contribution is -2.32. The van der Waals surface area contributed by atoms with Crippen LogP contribution in [0.1, 0.15) is 12.8 Å². The van der Waals surface area contributed by atoms with Crippen molar-refractivity contribution >= 4 is 6.09 Å². The molecule has 2 saturated heterocycles. The molecule has 0 spiro atoms. The molecule has 0 bridgehead atoms. The van der Waals surface area contributed by atoms with Crippen molar-refractivity contribution in [3.05, 3.63) is 0 Å². The number of carbonyl (C=O) groups excluding carboxylic acids is 1. The Labute approximate surface area is 65.3 Å². The van der Waals surface area contributed by atoms with Gasteiger partial charge in [0.25, 0.3) is 0 Å². The maximum Gasteiger partial charge on any atom is 0.410 e. The lowest BCUT2D eigenvalue weighted by Gasteiger charge is -2.31. The van der Waals surface area contributed by atoms with Gasteiger partial charge in [-0.25, -0.2) is 4.79 Å². The van der Waals surface area contributed by atoms with Crippen molar-refractivity contribution in [2.24, 2.45) is 11.8 Å². The molecule has 1 aliphatic carbocycles. The van der Waals surface area contributed by atoms with Gasteiger partial charge in [-0.3, -0.25) is 0 Å². The summed E-state index contributed by atoms with van der Waals surface area (Å²) in [6.45, 7) is 1.62. The maximum atomic E-state index is 11.1. The van der Waals surface area contributed by atoms with Gasteiger partial charge in [0.1, 0.15) is 6.61 Å². The summed E-state index contributed by atoms with van der Waals surface area (Å²) in [4.78, 5) is 13.0. The van der Waals surface area contributed by atoms with Crippen LogP contribution >= 0.6 is 0 Å². The van der Waals surface area contributed by atoms with E-state index in [1.807, 2.05) is 4.90 Å². The third kappa shape index (κ3) is 0.572. The highest BCUT2D eigenvalue weighted by Gasteiger charge is 2.52. The number of hydrogen-bond donors (Lipinski definition) is 0. The first-order chi connectivity index (χ1) is 5.36. The minimum atomic E-state index is -0.0793. The molecule has 2 aliphatic heterocycles. The monoisotopic (exact) mass is 153 g/mol. The SMILES string of the molecule is O=C1OC[C@@H]2[C@H]3CC[C@H]3CN12. The van der Waals surface area contributed by atoms with E-state index in [2.05, 4.69) is 0 Å². The molecule has 2 heterocycles. The van der Waals surface area contributed by atoms with E-state index in [-0.39, 0.29) is 6.09 Å². The third-order valence-corrected chi connectivity index (χ3v) is 3.41. The second kappa shape index (κ2) is 1.71. The summed E-state index contributed by atoms with van der Waals surface area (Å²) in [6.07, 6.45) is 2.55. The van der Waals surface area contributed by atoms with E-state index < -0.39 is 0 Å². The number of nitrogens with zero attached hydrogens (tertiary/aromatic N) is 1. The predicted octanol–water partition coefficient (Wildman–Crippen LogP) is 0.847. The largest absolute Gasteiger partial charge is 0.447 e. The van der Waals surface area contributed by atoms with Crippen LogP contribution in [0.15, 0.2) is 0 Å². The molecule has 0 radical (unpaired) electrons. The molecule has 0 aromatic carbocycles. The first-order valence-corrected chi connectivity index (χ1v) is 4.29. The van der Waals surface area contributed by atoms with Crippen molar-refractivity contribution in [1.29, 1.82) is 0 Å². The normalized spacial score (nSPS) is 46.4. The summed E-state index contributed by atoms with van der Waals surface area (Å²) in [5.74, 6) is 1.59. The topological polar surface area (TPSA) is 29.5 Å². The summed E-state index contributed by atoms with van der Waals surface area (Å²) >= 11 is 0. The first kappa shape index (κ1) is 5.86. The van der Waals surface area contributed by atoms with Gasteiger partial charge >= 0.3 is 6.09 Å². The van der Waals surface area contributed by atoms with Crippen LogP contribution < -0.4 is 0 Å². The molecule has 1 amide bonds. The van der Waals surface area contributed by atoms with Crippen molar-refractivity contribution in [3.63, 3.8) is 0 Å². The van der Waals surface area contributed by atoms with Gasteiger partial charge in [0, 0.05) is 6.54 Å². The third-order valence-electron chi connectivity index (χ3n) is 3.41. The minimum absolute atomic E-state index is 0.0793. The van der Waals surface area contributed by atoms with E-state index in [0.717, 1.165) is 18.4 Å². The molecular weight excluding hydrogens is 142 g/mol. The molecule has 3 rings (SSSR count). The van der Waals surface area contributed by atoms with Gasteiger partial charge < -0.3 is 9.64 Å². The highest BCUT2D eigenvalue weighted by molar-refractivity contribution is 5.70. The average molecular weight is 153 g/mol. The lowest BCUT2D eigenvalue weighted by molar-refractivity contribution is 0.142. The van der Waals surface area contributed by atoms with Crippen molar-refractivity contribution in [1.82, 2.24) is 4.90 Å². The quantitative estimate of drug-likeness (QED) is 0.516. The summed E-state index contributed by atoms with van der Waals surface area (Å²) in [7, 11) is 0. The van der Waals surface area contributed by atoms with E-state index in [4.69, 9.17) is 4.74 Å². The number of hydrogen-bond acceptors (Lipinski definition) is 2. The Hall–Kier alpha value is -0.730. The smallest absolute Gasteiger partial charge is 0.410 e. The van der Waals surface area contributed by atoms with Crippen molar-refractivity contribution < 1.29 is 9.53 Å². The summed E-state index contributed by atoms with van der Waals surface area (Å²) in [6, 6.07) is 0.446. The Bertz CT molecular complexity index is 216. The summed E-state index contributed by atoms with van der Waals surface area (Å²) in [5.41, 5.74) is 0. The van der Waals surface area contributed by atoms with E-state index in [9.17, 15) is 4.79 Å². The molecule has 1 saturated carbocycles. The minimum Gasteiger partial charge on any atom is -0.447 e. The predicted molar refractivity (Wildman–Crippen MR) is 38.1 cm³/mol. The van der Waals surface area contributed by atoms with E-state index in [0.29, 0.717) is 12.6 Å². The van der Waals surface area contributed by atoms with Crippen LogP contribution in [-0.2, 0) is 4.74 Å². The number of amides is 1. The van der Waals surface area contributed by atoms with Crippen LogP contribution in [0.25, 0.3) is 0 Å². The Kier molecular flexibility index (Phi) is 0.910. The van der Waals surface area contributed by atoms with E-state index in [1.54, 1.807) is 0 Å². The molecule has 3 heteroatoms. The number of rotatable bonds is 0. The second-order valence-corrected chi connectivity index (χ2v) is 3.80. The number of ether oxygens (including phenoxy) is 1. The molecule has 11 heavy (non-hydrogen) atoms. The fraction of sp³-hybridized carbons (Fsp3) is 0.875. The fourth-order valence-corrected chi connectivity index (χ4v) is 2.61. The average Bonchev–Trinajstić information content (AvgIpc) is 2.36. The van der Waals surface area contributed by atoms with Crippen LogP contribution in [0.3, 0.4) is 0 Å². The second-order valence-electron chi connectivity index (χ2n) is 3.80. The molecule has 3 fully saturated rings. The van der Waals surface area contributed by atoms with Crippen LogP contribution in [0.2, 0.25) is 0 Å². The molecule has 0 aromatic rings. The van der Waals surface area contributed by atoms with Crippen LogP contribution in [0, 0.1) is 11.8 Å². The Morgan fingerprint density at radius 3 is 3.09 bits per heavy atom. The fourth-order valence-electron chi connectivity index (χ4n) is 2.61. The molecule has 3 aliphatic rings. The first-order valence-electron chi connectivity index (χ1n) is 4.29. The summed E-state index contributed by atoms with van der Waals surface area (Å²) < 4.78 is 4.96. The number of cyclic esters (lactones) is 1. The standard InChI is InChI=1S/C8H11NO2/c10-8-9-3-5-1-2-6(5)7(9)4-11-8/h5-7H,1-4H2/t5-,6-,7+/m0/s1. The van der Waals surface area contributed by atoms with Gasteiger partial charge in [-0.05, 0) is 24.7 Å². The van der Waals surface area contributed by atoms with Gasteiger partial charge in [0.05, 0.1) is 6.04 Å². The van der Waals surface area contributed by atoms with Crippen molar-refractivity contribution in [2.45, 2.75) is 18.9 Å². The van der Waals surface area contributed by atoms with Gasteiger partial charge in [-0.2, -0.15) is 0 Å². The highest BCUT2D eigenvalue weighted by Crippen LogP contribution is 2.46. The molecule has 0 N–H and O–H groups in total. The molecule has 0 aromatic heterocycles. The van der Waals surface area contributed by atoms with Crippen LogP contribution in [0.4, 0.5) is 4.79 Å². The maximum absolute atomic E-state index is 11.1. The zero-order chi connectivity index (χ0) is 7.42. The zero-order valence-corrected chi connectivity index (χ0v) is 6.32. The zero-order valence-electron chi connectivity index (χ0n) is 6.32. The van der Waals surface area contributed by atoms with Crippen LogP contribution in [-0.4, -0.2) is 30.2 Å². The van der Waals surface area contributed by atoms with E-state index in [1.165, 1.54) is 12.8 Å². The van der Waals surface area contributed by atoms with Gasteiger partial charge in [0.15, 0.2) is 0 Å². The molecule has 0 unspecified atom stereocenters. The Morgan fingerprint density at radius 2 is 2.36 bits per heavy atom.